The predicted molar refractivity (Wildman–Crippen MR) is 85.0 cm³/mol. The first-order valence-electron chi connectivity index (χ1n) is 7.69. The van der Waals surface area contributed by atoms with Gasteiger partial charge in [0.15, 0.2) is 11.5 Å². The van der Waals surface area contributed by atoms with Crippen molar-refractivity contribution < 1.29 is 14.2 Å². The Morgan fingerprint density at radius 3 is 2.76 bits per heavy atom. The van der Waals surface area contributed by atoms with Gasteiger partial charge in [0.1, 0.15) is 0 Å². The molecule has 0 aliphatic carbocycles. The average Bonchev–Trinajstić information content (AvgIpc) is 2.74. The standard InChI is InChI=1S/C16H22BrNO3/c17-14-8-13(9-15-16(14)21-5-1-4-20-15)11-18-10-12-2-6-19-7-3-12/h8-9,12,18H,1-7,10-11H2. The van der Waals surface area contributed by atoms with Crippen molar-refractivity contribution in [1.82, 2.24) is 5.32 Å². The lowest BCUT2D eigenvalue weighted by molar-refractivity contribution is 0.0662. The quantitative estimate of drug-likeness (QED) is 0.900. The molecule has 1 fully saturated rings. The Balaban J connectivity index is 1.57. The maximum atomic E-state index is 5.77. The molecule has 1 saturated heterocycles. The third-order valence-electron chi connectivity index (χ3n) is 3.96. The van der Waals surface area contributed by atoms with Gasteiger partial charge in [-0.3, -0.25) is 0 Å². The highest BCUT2D eigenvalue weighted by molar-refractivity contribution is 9.10. The molecular weight excluding hydrogens is 334 g/mol. The van der Waals surface area contributed by atoms with Crippen LogP contribution in [0.1, 0.15) is 24.8 Å². The monoisotopic (exact) mass is 355 g/mol. The van der Waals surface area contributed by atoms with Crippen LogP contribution in [0.2, 0.25) is 0 Å². The van der Waals surface area contributed by atoms with Crippen LogP contribution < -0.4 is 14.8 Å². The minimum absolute atomic E-state index is 0.715. The molecule has 2 heterocycles. The molecule has 0 saturated carbocycles. The molecule has 2 aliphatic heterocycles. The van der Waals surface area contributed by atoms with Gasteiger partial charge >= 0.3 is 0 Å². The molecule has 0 aromatic heterocycles. The van der Waals surface area contributed by atoms with Crippen LogP contribution in [-0.2, 0) is 11.3 Å². The van der Waals surface area contributed by atoms with Gasteiger partial charge in [-0.25, -0.2) is 0 Å². The molecular formula is C16H22BrNO3. The molecule has 1 N–H and O–H groups in total. The van der Waals surface area contributed by atoms with Gasteiger partial charge in [0.2, 0.25) is 0 Å². The molecule has 0 amide bonds. The summed E-state index contributed by atoms with van der Waals surface area (Å²) in [4.78, 5) is 0. The third-order valence-corrected chi connectivity index (χ3v) is 4.55. The van der Waals surface area contributed by atoms with E-state index in [1.54, 1.807) is 0 Å². The van der Waals surface area contributed by atoms with Crippen molar-refractivity contribution in [1.29, 1.82) is 0 Å². The van der Waals surface area contributed by atoms with Gasteiger partial charge in [-0.15, -0.1) is 0 Å². The number of hydrogen-bond donors (Lipinski definition) is 1. The zero-order valence-corrected chi connectivity index (χ0v) is 13.8. The second-order valence-electron chi connectivity index (χ2n) is 5.64. The van der Waals surface area contributed by atoms with Gasteiger partial charge in [-0.05, 0) is 58.9 Å². The van der Waals surface area contributed by atoms with E-state index in [2.05, 4.69) is 33.4 Å². The summed E-state index contributed by atoms with van der Waals surface area (Å²) in [5, 5.41) is 3.55. The van der Waals surface area contributed by atoms with Gasteiger partial charge in [0.25, 0.3) is 0 Å². The predicted octanol–water partition coefficient (Wildman–Crippen LogP) is 3.13. The molecule has 0 unspecified atom stereocenters. The Hall–Kier alpha value is -0.780. The van der Waals surface area contributed by atoms with Crippen LogP contribution in [-0.4, -0.2) is 33.0 Å². The first-order chi connectivity index (χ1) is 10.3. The van der Waals surface area contributed by atoms with Crippen molar-refractivity contribution in [2.75, 3.05) is 33.0 Å². The molecule has 0 bridgehead atoms. The molecule has 116 valence electrons. The summed E-state index contributed by atoms with van der Waals surface area (Å²) in [5.74, 6) is 2.42. The molecule has 1 aromatic rings. The number of halogens is 1. The lowest BCUT2D eigenvalue weighted by Gasteiger charge is -2.22. The summed E-state index contributed by atoms with van der Waals surface area (Å²) in [6, 6.07) is 4.20. The van der Waals surface area contributed by atoms with Crippen molar-refractivity contribution in [3.8, 4) is 11.5 Å². The lowest BCUT2D eigenvalue weighted by atomic mass is 10.0. The first-order valence-corrected chi connectivity index (χ1v) is 8.49. The van der Waals surface area contributed by atoms with Crippen LogP contribution in [0, 0.1) is 5.92 Å². The summed E-state index contributed by atoms with van der Waals surface area (Å²) in [7, 11) is 0. The van der Waals surface area contributed by atoms with Crippen LogP contribution in [0.25, 0.3) is 0 Å². The number of ether oxygens (including phenoxy) is 3. The third kappa shape index (κ3) is 4.11. The highest BCUT2D eigenvalue weighted by Gasteiger charge is 2.16. The fraction of sp³-hybridized carbons (Fsp3) is 0.625. The van der Waals surface area contributed by atoms with Crippen molar-refractivity contribution in [3.05, 3.63) is 22.2 Å². The van der Waals surface area contributed by atoms with Crippen molar-refractivity contribution in [2.45, 2.75) is 25.8 Å². The highest BCUT2D eigenvalue weighted by atomic mass is 79.9. The first kappa shape index (κ1) is 15.1. The van der Waals surface area contributed by atoms with Crippen molar-refractivity contribution in [2.24, 2.45) is 5.92 Å². The van der Waals surface area contributed by atoms with E-state index in [0.29, 0.717) is 6.61 Å². The van der Waals surface area contributed by atoms with E-state index in [0.717, 1.165) is 74.1 Å². The van der Waals surface area contributed by atoms with E-state index in [1.807, 2.05) is 0 Å². The second-order valence-corrected chi connectivity index (χ2v) is 6.50. The van der Waals surface area contributed by atoms with E-state index < -0.39 is 0 Å². The van der Waals surface area contributed by atoms with E-state index in [1.165, 1.54) is 5.56 Å². The van der Waals surface area contributed by atoms with Crippen molar-refractivity contribution in [3.63, 3.8) is 0 Å². The van der Waals surface area contributed by atoms with Crippen molar-refractivity contribution >= 4 is 15.9 Å². The molecule has 1 aromatic carbocycles. The Morgan fingerprint density at radius 2 is 1.90 bits per heavy atom. The van der Waals surface area contributed by atoms with Gasteiger partial charge in [-0.1, -0.05) is 0 Å². The maximum Gasteiger partial charge on any atom is 0.175 e. The van der Waals surface area contributed by atoms with E-state index in [-0.39, 0.29) is 0 Å². The minimum atomic E-state index is 0.715. The van der Waals surface area contributed by atoms with E-state index in [4.69, 9.17) is 14.2 Å². The topological polar surface area (TPSA) is 39.7 Å². The fourth-order valence-corrected chi connectivity index (χ4v) is 3.36. The number of nitrogens with one attached hydrogen (secondary N) is 1. The van der Waals surface area contributed by atoms with Crippen LogP contribution in [0.4, 0.5) is 0 Å². The van der Waals surface area contributed by atoms with E-state index >= 15 is 0 Å². The number of fused-ring (bicyclic) bond motifs is 1. The van der Waals surface area contributed by atoms with Gasteiger partial charge in [0, 0.05) is 26.2 Å². The molecule has 3 rings (SSSR count). The molecule has 2 aliphatic rings. The van der Waals surface area contributed by atoms with E-state index in [9.17, 15) is 0 Å². The second kappa shape index (κ2) is 7.47. The summed E-state index contributed by atoms with van der Waals surface area (Å²) in [6.45, 7) is 5.15. The zero-order chi connectivity index (χ0) is 14.5. The van der Waals surface area contributed by atoms with Gasteiger partial charge in [-0.2, -0.15) is 0 Å². The molecule has 0 radical (unpaired) electrons. The van der Waals surface area contributed by atoms with Crippen LogP contribution in [0.3, 0.4) is 0 Å². The van der Waals surface area contributed by atoms with Gasteiger partial charge in [0.05, 0.1) is 17.7 Å². The Bertz CT molecular complexity index is 475. The Morgan fingerprint density at radius 1 is 1.10 bits per heavy atom. The molecule has 0 atom stereocenters. The molecule has 5 heteroatoms. The zero-order valence-electron chi connectivity index (χ0n) is 12.2. The Kier molecular flexibility index (Phi) is 5.38. The largest absolute Gasteiger partial charge is 0.490 e. The SMILES string of the molecule is Brc1cc(CNCC2CCOCC2)cc2c1OCCCO2. The van der Waals surface area contributed by atoms with Crippen LogP contribution in [0.5, 0.6) is 11.5 Å². The summed E-state index contributed by atoms with van der Waals surface area (Å²) in [5.41, 5.74) is 1.22. The number of rotatable bonds is 4. The number of hydrogen-bond acceptors (Lipinski definition) is 4. The molecule has 21 heavy (non-hydrogen) atoms. The van der Waals surface area contributed by atoms with Crippen LogP contribution in [0.15, 0.2) is 16.6 Å². The Labute approximate surface area is 134 Å². The fourth-order valence-electron chi connectivity index (χ4n) is 2.76. The minimum Gasteiger partial charge on any atom is -0.490 e. The van der Waals surface area contributed by atoms with Gasteiger partial charge < -0.3 is 19.5 Å². The highest BCUT2D eigenvalue weighted by Crippen LogP contribution is 2.38. The smallest absolute Gasteiger partial charge is 0.175 e. The average molecular weight is 356 g/mol. The summed E-state index contributed by atoms with van der Waals surface area (Å²) >= 11 is 3.59. The summed E-state index contributed by atoms with van der Waals surface area (Å²) in [6.07, 6.45) is 3.26. The molecule has 4 nitrogen and oxygen atoms in total. The maximum absolute atomic E-state index is 5.77. The summed E-state index contributed by atoms with van der Waals surface area (Å²) < 4.78 is 17.9. The number of benzene rings is 1. The normalized spacial score (nSPS) is 19.3. The lowest BCUT2D eigenvalue weighted by Crippen LogP contribution is -2.27. The van der Waals surface area contributed by atoms with Crippen LogP contribution >= 0.6 is 15.9 Å². The molecule has 0 spiro atoms.